The highest BCUT2D eigenvalue weighted by atomic mass is 16.6. The first-order chi connectivity index (χ1) is 11.2. The third-order valence-electron chi connectivity index (χ3n) is 3.36. The van der Waals surface area contributed by atoms with Crippen LogP contribution in [0, 0.1) is 17.0 Å². The van der Waals surface area contributed by atoms with E-state index in [-0.39, 0.29) is 11.6 Å². The van der Waals surface area contributed by atoms with Gasteiger partial charge in [0.1, 0.15) is 11.6 Å². The van der Waals surface area contributed by atoms with Gasteiger partial charge >= 0.3 is 0 Å². The normalized spacial score (nSPS) is 12.5. The molecule has 9 nitrogen and oxygen atoms in total. The number of rotatable bonds is 6. The Kier molecular flexibility index (Phi) is 4.82. The molecule has 0 saturated carbocycles. The molecule has 0 saturated heterocycles. The van der Waals surface area contributed by atoms with Crippen molar-refractivity contribution in [2.75, 3.05) is 5.32 Å². The van der Waals surface area contributed by atoms with E-state index in [4.69, 9.17) is 4.52 Å². The number of amides is 1. The first kappa shape index (κ1) is 17.4. The Morgan fingerprint density at radius 2 is 1.96 bits per heavy atom. The van der Waals surface area contributed by atoms with Gasteiger partial charge in [0.05, 0.1) is 4.92 Å². The second-order valence-electron chi connectivity index (χ2n) is 5.93. The van der Waals surface area contributed by atoms with Crippen LogP contribution >= 0.6 is 0 Å². The monoisotopic (exact) mass is 333 g/mol. The highest BCUT2D eigenvalue weighted by Gasteiger charge is 2.30. The molecule has 2 aromatic rings. The lowest BCUT2D eigenvalue weighted by Crippen LogP contribution is -2.48. The number of nitro groups is 1. The standard InChI is InChI=1S/C15H19N5O4/c1-9(13-17-10(2)19-24-13)16-14(21)15(3,4)18-11-5-7-12(8-6-11)20(22)23/h5-9,18H,1-4H3,(H,16,21)/t9-/m1/s1. The van der Waals surface area contributed by atoms with Crippen molar-refractivity contribution in [3.8, 4) is 0 Å². The summed E-state index contributed by atoms with van der Waals surface area (Å²) in [6.45, 7) is 6.85. The number of benzene rings is 1. The van der Waals surface area contributed by atoms with E-state index < -0.39 is 16.5 Å². The van der Waals surface area contributed by atoms with Crippen molar-refractivity contribution in [2.24, 2.45) is 0 Å². The molecule has 0 radical (unpaired) electrons. The molecule has 128 valence electrons. The molecule has 1 aromatic carbocycles. The van der Waals surface area contributed by atoms with Gasteiger partial charge in [-0.05, 0) is 39.8 Å². The number of carbonyl (C=O) groups excluding carboxylic acids is 1. The molecule has 1 atom stereocenters. The number of nitrogens with one attached hydrogen (secondary N) is 2. The molecular weight excluding hydrogens is 314 g/mol. The van der Waals surface area contributed by atoms with Crippen LogP contribution in [-0.2, 0) is 4.79 Å². The summed E-state index contributed by atoms with van der Waals surface area (Å²) >= 11 is 0. The van der Waals surface area contributed by atoms with E-state index in [1.165, 1.54) is 12.1 Å². The van der Waals surface area contributed by atoms with E-state index >= 15 is 0 Å². The lowest BCUT2D eigenvalue weighted by Gasteiger charge is -2.27. The molecule has 0 aliphatic heterocycles. The van der Waals surface area contributed by atoms with E-state index in [2.05, 4.69) is 20.8 Å². The first-order valence-electron chi connectivity index (χ1n) is 7.33. The van der Waals surface area contributed by atoms with E-state index in [9.17, 15) is 14.9 Å². The Labute approximate surface area is 138 Å². The molecule has 9 heteroatoms. The number of anilines is 1. The smallest absolute Gasteiger partial charge is 0.269 e. The maximum absolute atomic E-state index is 12.5. The van der Waals surface area contributed by atoms with Crippen molar-refractivity contribution in [1.29, 1.82) is 0 Å². The van der Waals surface area contributed by atoms with Gasteiger partial charge in [0.25, 0.3) is 5.69 Å². The Morgan fingerprint density at radius 3 is 2.46 bits per heavy atom. The van der Waals surface area contributed by atoms with Gasteiger partial charge in [-0.2, -0.15) is 4.98 Å². The summed E-state index contributed by atoms with van der Waals surface area (Å²) in [7, 11) is 0. The minimum absolute atomic E-state index is 0.0109. The van der Waals surface area contributed by atoms with Crippen LogP contribution in [0.5, 0.6) is 0 Å². The largest absolute Gasteiger partial charge is 0.372 e. The maximum Gasteiger partial charge on any atom is 0.269 e. The molecule has 0 unspecified atom stereocenters. The van der Waals surface area contributed by atoms with Gasteiger partial charge in [-0.25, -0.2) is 0 Å². The number of carbonyl (C=O) groups is 1. The molecule has 0 fully saturated rings. The lowest BCUT2D eigenvalue weighted by atomic mass is 10.0. The van der Waals surface area contributed by atoms with Gasteiger partial charge in [0.15, 0.2) is 5.82 Å². The van der Waals surface area contributed by atoms with Gasteiger partial charge in [0, 0.05) is 17.8 Å². The zero-order valence-electron chi connectivity index (χ0n) is 13.9. The Balaban J connectivity index is 2.02. The molecule has 1 heterocycles. The van der Waals surface area contributed by atoms with E-state index in [0.717, 1.165) is 0 Å². The first-order valence-corrected chi connectivity index (χ1v) is 7.33. The predicted molar refractivity (Wildman–Crippen MR) is 86.4 cm³/mol. The van der Waals surface area contributed by atoms with Crippen LogP contribution in [0.4, 0.5) is 11.4 Å². The lowest BCUT2D eigenvalue weighted by molar-refractivity contribution is -0.384. The molecule has 0 aliphatic rings. The average molecular weight is 333 g/mol. The molecule has 0 spiro atoms. The summed E-state index contributed by atoms with van der Waals surface area (Å²) in [4.78, 5) is 26.7. The van der Waals surface area contributed by atoms with Crippen LogP contribution in [0.15, 0.2) is 28.8 Å². The maximum atomic E-state index is 12.5. The summed E-state index contributed by atoms with van der Waals surface area (Å²) < 4.78 is 5.03. The van der Waals surface area contributed by atoms with Crippen LogP contribution in [0.2, 0.25) is 0 Å². The van der Waals surface area contributed by atoms with Gasteiger partial charge in [-0.1, -0.05) is 5.16 Å². The van der Waals surface area contributed by atoms with Gasteiger partial charge in [0.2, 0.25) is 11.8 Å². The summed E-state index contributed by atoms with van der Waals surface area (Å²) in [6, 6.07) is 5.42. The SMILES string of the molecule is Cc1noc([C@@H](C)NC(=O)C(C)(C)Nc2ccc([N+](=O)[O-])cc2)n1. The predicted octanol–water partition coefficient (Wildman–Crippen LogP) is 2.35. The third-order valence-corrected chi connectivity index (χ3v) is 3.36. The third kappa shape index (κ3) is 4.06. The molecule has 0 aliphatic carbocycles. The fourth-order valence-corrected chi connectivity index (χ4v) is 2.01. The Hall–Kier alpha value is -2.97. The highest BCUT2D eigenvalue weighted by molar-refractivity contribution is 5.88. The number of nitro benzene ring substituents is 1. The van der Waals surface area contributed by atoms with Crippen LogP contribution in [-0.4, -0.2) is 26.5 Å². The van der Waals surface area contributed by atoms with Gasteiger partial charge in [-0.15, -0.1) is 0 Å². The average Bonchev–Trinajstić information content (AvgIpc) is 2.94. The van der Waals surface area contributed by atoms with Crippen molar-refractivity contribution in [3.63, 3.8) is 0 Å². The van der Waals surface area contributed by atoms with Gasteiger partial charge in [-0.3, -0.25) is 14.9 Å². The minimum atomic E-state index is -0.945. The molecule has 24 heavy (non-hydrogen) atoms. The fraction of sp³-hybridized carbons (Fsp3) is 0.400. The molecule has 2 rings (SSSR count). The Morgan fingerprint density at radius 1 is 1.33 bits per heavy atom. The quantitative estimate of drug-likeness (QED) is 0.614. The van der Waals surface area contributed by atoms with Crippen LogP contribution in [0.1, 0.15) is 38.5 Å². The number of hydrogen-bond donors (Lipinski definition) is 2. The van der Waals surface area contributed by atoms with Crippen LogP contribution in [0.3, 0.4) is 0 Å². The second-order valence-corrected chi connectivity index (χ2v) is 5.93. The second kappa shape index (κ2) is 6.65. The van der Waals surface area contributed by atoms with Crippen LogP contribution < -0.4 is 10.6 Å². The Bertz CT molecular complexity index is 739. The van der Waals surface area contributed by atoms with Crippen LogP contribution in [0.25, 0.3) is 0 Å². The number of hydrogen-bond acceptors (Lipinski definition) is 7. The summed E-state index contributed by atoms with van der Waals surface area (Å²) in [5.41, 5.74) is -0.357. The van der Waals surface area contributed by atoms with E-state index in [0.29, 0.717) is 17.4 Å². The number of nitrogens with zero attached hydrogens (tertiary/aromatic N) is 3. The fourth-order valence-electron chi connectivity index (χ4n) is 2.01. The highest BCUT2D eigenvalue weighted by Crippen LogP contribution is 2.20. The molecule has 1 amide bonds. The van der Waals surface area contributed by atoms with Crippen molar-refractivity contribution >= 4 is 17.3 Å². The molecule has 1 aromatic heterocycles. The molecule has 2 N–H and O–H groups in total. The number of aromatic nitrogens is 2. The molecule has 0 bridgehead atoms. The zero-order chi connectivity index (χ0) is 17.9. The summed E-state index contributed by atoms with van der Waals surface area (Å²) in [5.74, 6) is 0.547. The summed E-state index contributed by atoms with van der Waals surface area (Å²) in [6.07, 6.45) is 0. The topological polar surface area (TPSA) is 123 Å². The zero-order valence-corrected chi connectivity index (χ0v) is 13.9. The number of non-ortho nitro benzene ring substituents is 1. The van der Waals surface area contributed by atoms with E-state index in [1.54, 1.807) is 39.8 Å². The van der Waals surface area contributed by atoms with Gasteiger partial charge < -0.3 is 15.2 Å². The number of aryl methyl sites for hydroxylation is 1. The molecular formula is C15H19N5O4. The van der Waals surface area contributed by atoms with Crippen molar-refractivity contribution < 1.29 is 14.2 Å². The van der Waals surface area contributed by atoms with Crippen molar-refractivity contribution in [3.05, 3.63) is 46.1 Å². The van der Waals surface area contributed by atoms with Crippen molar-refractivity contribution in [1.82, 2.24) is 15.5 Å². The van der Waals surface area contributed by atoms with Crippen molar-refractivity contribution in [2.45, 2.75) is 39.3 Å². The van der Waals surface area contributed by atoms with E-state index in [1.807, 2.05) is 0 Å². The minimum Gasteiger partial charge on any atom is -0.372 e. The summed E-state index contributed by atoms with van der Waals surface area (Å²) in [5, 5.41) is 20.2.